The number of hydrogen-bond donors (Lipinski definition) is 2. The Kier molecular flexibility index (Phi) is 7.55. The molecule has 0 bridgehead atoms. The van der Waals surface area contributed by atoms with Gasteiger partial charge in [-0.05, 0) is 50.2 Å². The van der Waals surface area contributed by atoms with Crippen LogP contribution in [-0.2, 0) is 11.3 Å². The fourth-order valence-electron chi connectivity index (χ4n) is 3.79. The Morgan fingerprint density at radius 3 is 2.59 bits per heavy atom. The Hall–Kier alpha value is -2.51. The van der Waals surface area contributed by atoms with Gasteiger partial charge in [0.2, 0.25) is 0 Å². The van der Waals surface area contributed by atoms with E-state index < -0.39 is 0 Å². The predicted octanol–water partition coefficient (Wildman–Crippen LogP) is 2.34. The molecule has 1 aromatic rings. The van der Waals surface area contributed by atoms with E-state index in [9.17, 15) is 4.79 Å². The van der Waals surface area contributed by atoms with Crippen LogP contribution in [0.15, 0.2) is 23.3 Å². The number of carbonyl (C=O) groups is 1. The Morgan fingerprint density at radius 2 is 1.97 bits per heavy atom. The second-order valence-electron chi connectivity index (χ2n) is 8.00. The van der Waals surface area contributed by atoms with Crippen LogP contribution in [0, 0.1) is 5.92 Å². The predicted molar refractivity (Wildman–Crippen MR) is 115 cm³/mol. The third-order valence-electron chi connectivity index (χ3n) is 5.72. The number of nitrogens with two attached hydrogens (primary N) is 1. The third-order valence-corrected chi connectivity index (χ3v) is 5.72. The first-order valence-corrected chi connectivity index (χ1v) is 10.7. The molecule has 29 heavy (non-hydrogen) atoms. The molecule has 0 spiro atoms. The summed E-state index contributed by atoms with van der Waals surface area (Å²) in [7, 11) is 0. The largest absolute Gasteiger partial charge is 0.450 e. The number of aliphatic imine (C=N–C) groups is 1. The molecule has 0 unspecified atom stereocenters. The first-order valence-electron chi connectivity index (χ1n) is 10.7. The van der Waals surface area contributed by atoms with Crippen LogP contribution in [0.2, 0.25) is 0 Å². The summed E-state index contributed by atoms with van der Waals surface area (Å²) in [5, 5.41) is 3.27. The van der Waals surface area contributed by atoms with Gasteiger partial charge in [0.15, 0.2) is 5.96 Å². The first-order chi connectivity index (χ1) is 14.0. The van der Waals surface area contributed by atoms with Crippen LogP contribution in [0.4, 0.5) is 10.6 Å². The van der Waals surface area contributed by atoms with Crippen molar-refractivity contribution in [3.63, 3.8) is 0 Å². The quantitative estimate of drug-likeness (QED) is 0.580. The number of amides is 1. The minimum Gasteiger partial charge on any atom is -0.450 e. The van der Waals surface area contributed by atoms with Gasteiger partial charge in [0.05, 0.1) is 13.2 Å². The van der Waals surface area contributed by atoms with Gasteiger partial charge in [0, 0.05) is 38.4 Å². The molecule has 2 fully saturated rings. The van der Waals surface area contributed by atoms with Crippen molar-refractivity contribution in [2.75, 3.05) is 37.7 Å². The van der Waals surface area contributed by atoms with Gasteiger partial charge < -0.3 is 25.6 Å². The van der Waals surface area contributed by atoms with E-state index in [0.717, 1.165) is 43.2 Å². The summed E-state index contributed by atoms with van der Waals surface area (Å²) < 4.78 is 5.05. The van der Waals surface area contributed by atoms with Gasteiger partial charge in [-0.15, -0.1) is 0 Å². The topological polar surface area (TPSA) is 96.1 Å². The van der Waals surface area contributed by atoms with E-state index in [-0.39, 0.29) is 12.1 Å². The van der Waals surface area contributed by atoms with Crippen LogP contribution in [0.5, 0.6) is 0 Å². The molecule has 0 atom stereocenters. The van der Waals surface area contributed by atoms with Gasteiger partial charge >= 0.3 is 6.09 Å². The van der Waals surface area contributed by atoms with Gasteiger partial charge in [0.25, 0.3) is 0 Å². The fourth-order valence-corrected chi connectivity index (χ4v) is 3.79. The Balaban J connectivity index is 1.42. The van der Waals surface area contributed by atoms with Crippen LogP contribution in [0.1, 0.15) is 45.1 Å². The van der Waals surface area contributed by atoms with Crippen LogP contribution in [0.25, 0.3) is 0 Å². The number of nitrogens with zero attached hydrogens (tertiary/aromatic N) is 4. The minimum atomic E-state index is -0.234. The van der Waals surface area contributed by atoms with Crippen molar-refractivity contribution in [2.45, 2.75) is 52.1 Å². The lowest BCUT2D eigenvalue weighted by Crippen LogP contribution is -2.48. The van der Waals surface area contributed by atoms with Crippen molar-refractivity contribution in [3.8, 4) is 0 Å². The average Bonchev–Trinajstić information content (AvgIpc) is 2.74. The zero-order chi connectivity index (χ0) is 20.6. The molecule has 3 heterocycles. The SMILES string of the molecule is CCOC(=O)N1CCC(NC(N)=NCc2ccc(N3CCC(C)CC3)nc2)CC1. The minimum absolute atomic E-state index is 0.228. The van der Waals surface area contributed by atoms with Crippen molar-refractivity contribution in [1.29, 1.82) is 0 Å². The summed E-state index contributed by atoms with van der Waals surface area (Å²) >= 11 is 0. The number of rotatable bonds is 5. The highest BCUT2D eigenvalue weighted by atomic mass is 16.6. The third kappa shape index (κ3) is 6.24. The molecule has 3 N–H and O–H groups in total. The smallest absolute Gasteiger partial charge is 0.409 e. The summed E-state index contributed by atoms with van der Waals surface area (Å²) in [4.78, 5) is 24.9. The normalized spacial score (nSPS) is 19.3. The maximum atomic E-state index is 11.8. The first kappa shape index (κ1) is 21.2. The second kappa shape index (κ2) is 10.3. The monoisotopic (exact) mass is 402 g/mol. The summed E-state index contributed by atoms with van der Waals surface area (Å²) in [6, 6.07) is 4.39. The lowest BCUT2D eigenvalue weighted by Gasteiger charge is -2.31. The number of carbonyl (C=O) groups excluding carboxylic acids is 1. The molecule has 8 nitrogen and oxygen atoms in total. The molecule has 160 valence electrons. The highest BCUT2D eigenvalue weighted by Gasteiger charge is 2.23. The Morgan fingerprint density at radius 1 is 1.24 bits per heavy atom. The van der Waals surface area contributed by atoms with Crippen molar-refractivity contribution in [3.05, 3.63) is 23.9 Å². The van der Waals surface area contributed by atoms with E-state index >= 15 is 0 Å². The van der Waals surface area contributed by atoms with Crippen molar-refractivity contribution < 1.29 is 9.53 Å². The summed E-state index contributed by atoms with van der Waals surface area (Å²) in [6.07, 6.45) is 5.78. The van der Waals surface area contributed by atoms with Gasteiger partial charge in [0.1, 0.15) is 5.82 Å². The van der Waals surface area contributed by atoms with E-state index in [2.05, 4.69) is 39.2 Å². The van der Waals surface area contributed by atoms with E-state index in [1.807, 2.05) is 13.1 Å². The van der Waals surface area contributed by atoms with Crippen molar-refractivity contribution >= 4 is 17.9 Å². The highest BCUT2D eigenvalue weighted by Crippen LogP contribution is 2.21. The maximum absolute atomic E-state index is 11.8. The molecule has 0 radical (unpaired) electrons. The standard InChI is InChI=1S/C21H34N6O2/c1-3-29-21(28)27-12-8-18(9-13-27)25-20(22)24-15-17-4-5-19(23-14-17)26-10-6-16(2)7-11-26/h4-5,14,16,18H,3,6-13,15H2,1-2H3,(H3,22,24,25). The van der Waals surface area contributed by atoms with Crippen molar-refractivity contribution in [2.24, 2.45) is 16.6 Å². The number of guanidine groups is 1. The van der Waals surface area contributed by atoms with Crippen LogP contribution >= 0.6 is 0 Å². The summed E-state index contributed by atoms with van der Waals surface area (Å²) in [5.41, 5.74) is 7.10. The lowest BCUT2D eigenvalue weighted by molar-refractivity contribution is 0.0963. The molecule has 0 aliphatic carbocycles. The Labute approximate surface area is 173 Å². The zero-order valence-electron chi connectivity index (χ0n) is 17.6. The number of anilines is 1. The average molecular weight is 403 g/mol. The maximum Gasteiger partial charge on any atom is 0.409 e. The molecule has 0 aromatic carbocycles. The molecule has 8 heteroatoms. The van der Waals surface area contributed by atoms with Crippen LogP contribution in [0.3, 0.4) is 0 Å². The second-order valence-corrected chi connectivity index (χ2v) is 8.00. The number of nitrogens with one attached hydrogen (secondary N) is 1. The molecule has 2 aliphatic heterocycles. The number of ether oxygens (including phenoxy) is 1. The molecular formula is C21H34N6O2. The summed E-state index contributed by atoms with van der Waals surface area (Å²) in [5.74, 6) is 2.30. The highest BCUT2D eigenvalue weighted by molar-refractivity contribution is 5.78. The molecule has 1 amide bonds. The number of pyridine rings is 1. The van der Waals surface area contributed by atoms with Gasteiger partial charge in [-0.2, -0.15) is 0 Å². The molecule has 2 saturated heterocycles. The van der Waals surface area contributed by atoms with Gasteiger partial charge in [-0.1, -0.05) is 13.0 Å². The van der Waals surface area contributed by atoms with E-state index in [0.29, 0.717) is 32.2 Å². The number of hydrogen-bond acceptors (Lipinski definition) is 5. The molecular weight excluding hydrogens is 368 g/mol. The van der Waals surface area contributed by atoms with Crippen LogP contribution in [-0.4, -0.2) is 60.8 Å². The van der Waals surface area contributed by atoms with Gasteiger partial charge in [-0.25, -0.2) is 14.8 Å². The summed E-state index contributed by atoms with van der Waals surface area (Å²) in [6.45, 7) is 8.55. The fraction of sp³-hybridized carbons (Fsp3) is 0.667. The lowest BCUT2D eigenvalue weighted by atomic mass is 9.99. The zero-order valence-corrected chi connectivity index (χ0v) is 17.6. The number of likely N-dealkylation sites (tertiary alicyclic amines) is 1. The van der Waals surface area contributed by atoms with Crippen molar-refractivity contribution in [1.82, 2.24) is 15.2 Å². The van der Waals surface area contributed by atoms with Gasteiger partial charge in [-0.3, -0.25) is 0 Å². The van der Waals surface area contributed by atoms with E-state index in [4.69, 9.17) is 10.5 Å². The van der Waals surface area contributed by atoms with Crippen LogP contribution < -0.4 is 16.0 Å². The number of aromatic nitrogens is 1. The van der Waals surface area contributed by atoms with E-state index in [1.54, 1.807) is 4.90 Å². The molecule has 0 saturated carbocycles. The molecule has 3 rings (SSSR count). The molecule has 2 aliphatic rings. The van der Waals surface area contributed by atoms with E-state index in [1.165, 1.54) is 12.8 Å². The number of piperidine rings is 2. The molecule has 1 aromatic heterocycles. The Bertz CT molecular complexity index is 677.